The van der Waals surface area contributed by atoms with Gasteiger partial charge in [-0.1, -0.05) is 25.1 Å². The minimum absolute atomic E-state index is 0.330. The van der Waals surface area contributed by atoms with Crippen molar-refractivity contribution in [3.05, 3.63) is 17.5 Å². The van der Waals surface area contributed by atoms with Gasteiger partial charge in [-0.25, -0.2) is 9.97 Å². The molecule has 0 saturated heterocycles. The van der Waals surface area contributed by atoms with Crippen LogP contribution in [0, 0.1) is 6.92 Å². The molecule has 2 N–H and O–H groups in total. The summed E-state index contributed by atoms with van der Waals surface area (Å²) in [6.07, 6.45) is 5.03. The van der Waals surface area contributed by atoms with E-state index >= 15 is 0 Å². The Labute approximate surface area is 107 Å². The van der Waals surface area contributed by atoms with Crippen molar-refractivity contribution in [2.45, 2.75) is 38.6 Å². The fourth-order valence-corrected chi connectivity index (χ4v) is 2.40. The Morgan fingerprint density at radius 3 is 2.65 bits per heavy atom. The molecule has 0 radical (unpaired) electrons. The van der Waals surface area contributed by atoms with Crippen LogP contribution in [0.4, 0.5) is 5.95 Å². The molecule has 5 heteroatoms. The van der Waals surface area contributed by atoms with Gasteiger partial charge in [-0.15, -0.1) is 0 Å². The van der Waals surface area contributed by atoms with Crippen molar-refractivity contribution in [2.24, 2.45) is 5.73 Å². The maximum atomic E-state index is 5.63. The number of hydrogen-bond acceptors (Lipinski definition) is 4. The molecular formula is C12H18N4S. The zero-order valence-corrected chi connectivity index (χ0v) is 11.1. The number of aryl methyl sites for hydroxylation is 1. The van der Waals surface area contributed by atoms with Crippen LogP contribution in [-0.4, -0.2) is 28.0 Å². The molecule has 0 spiro atoms. The van der Waals surface area contributed by atoms with Crippen LogP contribution in [0.15, 0.2) is 6.07 Å². The van der Waals surface area contributed by atoms with E-state index < -0.39 is 0 Å². The van der Waals surface area contributed by atoms with Crippen LogP contribution in [0.3, 0.4) is 0 Å². The van der Waals surface area contributed by atoms with Crippen LogP contribution in [0.25, 0.3) is 0 Å². The van der Waals surface area contributed by atoms with E-state index in [4.69, 9.17) is 18.0 Å². The highest BCUT2D eigenvalue weighted by atomic mass is 32.1. The molecule has 1 aromatic rings. The number of anilines is 1. The summed E-state index contributed by atoms with van der Waals surface area (Å²) in [6, 6.07) is 2.38. The molecule has 0 atom stereocenters. The van der Waals surface area contributed by atoms with E-state index in [0.717, 1.165) is 11.6 Å². The maximum Gasteiger partial charge on any atom is 0.226 e. The lowest BCUT2D eigenvalue weighted by Gasteiger charge is -2.24. The van der Waals surface area contributed by atoms with Gasteiger partial charge in [-0.05, 0) is 25.8 Å². The third kappa shape index (κ3) is 2.72. The van der Waals surface area contributed by atoms with Crippen LogP contribution >= 0.6 is 12.2 Å². The number of aromatic nitrogens is 2. The predicted octanol–water partition coefficient (Wildman–Crippen LogP) is 1.80. The highest BCUT2D eigenvalue weighted by Gasteiger charge is 2.22. The number of nitrogens with zero attached hydrogens (tertiary/aromatic N) is 3. The summed E-state index contributed by atoms with van der Waals surface area (Å²) in [4.78, 5) is 11.4. The molecule has 1 fully saturated rings. The zero-order valence-electron chi connectivity index (χ0n) is 10.3. The summed E-state index contributed by atoms with van der Waals surface area (Å²) >= 11 is 4.97. The maximum absolute atomic E-state index is 5.63. The Kier molecular flexibility index (Phi) is 3.57. The van der Waals surface area contributed by atoms with Gasteiger partial charge in [0.1, 0.15) is 10.7 Å². The number of thiocarbonyl (C=S) groups is 1. The van der Waals surface area contributed by atoms with Gasteiger partial charge in [0.2, 0.25) is 5.95 Å². The molecule has 17 heavy (non-hydrogen) atoms. The summed E-state index contributed by atoms with van der Waals surface area (Å²) in [6.45, 7) is 1.94. The molecule has 1 aromatic heterocycles. The third-order valence-electron chi connectivity index (χ3n) is 3.28. The minimum atomic E-state index is 0.330. The van der Waals surface area contributed by atoms with Crippen molar-refractivity contribution >= 4 is 23.2 Å². The molecule has 0 aromatic carbocycles. The minimum Gasteiger partial charge on any atom is -0.388 e. The topological polar surface area (TPSA) is 55.0 Å². The van der Waals surface area contributed by atoms with E-state index in [-0.39, 0.29) is 0 Å². The van der Waals surface area contributed by atoms with Gasteiger partial charge in [-0.2, -0.15) is 0 Å². The number of rotatable bonds is 3. The second-order valence-corrected chi connectivity index (χ2v) is 5.05. The van der Waals surface area contributed by atoms with Gasteiger partial charge in [0.15, 0.2) is 0 Å². The van der Waals surface area contributed by atoms with Crippen LogP contribution < -0.4 is 10.6 Å². The number of hydrogen-bond donors (Lipinski definition) is 1. The summed E-state index contributed by atoms with van der Waals surface area (Å²) in [5.74, 6) is 0.736. The first-order valence-electron chi connectivity index (χ1n) is 5.96. The molecule has 1 aliphatic rings. The van der Waals surface area contributed by atoms with Crippen molar-refractivity contribution < 1.29 is 0 Å². The van der Waals surface area contributed by atoms with Crippen LogP contribution in [0.1, 0.15) is 37.1 Å². The van der Waals surface area contributed by atoms with Gasteiger partial charge in [-0.3, -0.25) is 0 Å². The molecule has 1 saturated carbocycles. The van der Waals surface area contributed by atoms with Gasteiger partial charge in [0, 0.05) is 18.8 Å². The first kappa shape index (κ1) is 12.2. The summed E-state index contributed by atoms with van der Waals surface area (Å²) in [7, 11) is 2.05. The molecule has 1 aliphatic carbocycles. The molecule has 0 unspecified atom stereocenters. The smallest absolute Gasteiger partial charge is 0.226 e. The summed E-state index contributed by atoms with van der Waals surface area (Å²) in [5, 5.41) is 0. The van der Waals surface area contributed by atoms with Crippen molar-refractivity contribution in [3.8, 4) is 0 Å². The van der Waals surface area contributed by atoms with Crippen LogP contribution in [0.2, 0.25) is 0 Å². The van der Waals surface area contributed by atoms with Gasteiger partial charge < -0.3 is 10.6 Å². The standard InChI is InChI=1S/C12H18N4S/c1-8-7-10(11(13)17)15-12(14-8)16(2)9-5-3-4-6-9/h7,9H,3-6H2,1-2H3,(H2,13,17). The Morgan fingerprint density at radius 2 is 2.06 bits per heavy atom. The first-order valence-corrected chi connectivity index (χ1v) is 6.37. The quantitative estimate of drug-likeness (QED) is 0.829. The highest BCUT2D eigenvalue weighted by Crippen LogP contribution is 2.25. The Morgan fingerprint density at radius 1 is 1.41 bits per heavy atom. The van der Waals surface area contributed by atoms with Gasteiger partial charge >= 0.3 is 0 Å². The van der Waals surface area contributed by atoms with Gasteiger partial charge in [0.05, 0.1) is 0 Å². The van der Waals surface area contributed by atoms with E-state index in [1.807, 2.05) is 20.0 Å². The molecular weight excluding hydrogens is 232 g/mol. The molecule has 92 valence electrons. The van der Waals surface area contributed by atoms with E-state index in [0.29, 0.717) is 16.7 Å². The Hall–Kier alpha value is -1.23. The van der Waals surface area contributed by atoms with Crippen LogP contribution in [-0.2, 0) is 0 Å². The van der Waals surface area contributed by atoms with E-state index in [1.165, 1.54) is 25.7 Å². The Bertz CT molecular complexity index is 427. The van der Waals surface area contributed by atoms with Crippen molar-refractivity contribution in [3.63, 3.8) is 0 Å². The monoisotopic (exact) mass is 250 g/mol. The fourth-order valence-electron chi connectivity index (χ4n) is 2.29. The molecule has 0 bridgehead atoms. The van der Waals surface area contributed by atoms with Crippen molar-refractivity contribution in [1.29, 1.82) is 0 Å². The third-order valence-corrected chi connectivity index (χ3v) is 3.49. The second-order valence-electron chi connectivity index (χ2n) is 4.61. The lowest BCUT2D eigenvalue weighted by atomic mass is 10.2. The molecule has 0 aliphatic heterocycles. The lowest BCUT2D eigenvalue weighted by molar-refractivity contribution is 0.637. The van der Waals surface area contributed by atoms with E-state index in [9.17, 15) is 0 Å². The van der Waals surface area contributed by atoms with Crippen molar-refractivity contribution in [1.82, 2.24) is 9.97 Å². The molecule has 0 amide bonds. The largest absolute Gasteiger partial charge is 0.388 e. The summed E-state index contributed by atoms with van der Waals surface area (Å²) in [5.41, 5.74) is 7.19. The predicted molar refractivity (Wildman–Crippen MR) is 73.3 cm³/mol. The lowest BCUT2D eigenvalue weighted by Crippen LogP contribution is -2.31. The second kappa shape index (κ2) is 4.96. The van der Waals surface area contributed by atoms with Gasteiger partial charge in [0.25, 0.3) is 0 Å². The highest BCUT2D eigenvalue weighted by molar-refractivity contribution is 7.80. The van der Waals surface area contributed by atoms with E-state index in [1.54, 1.807) is 0 Å². The van der Waals surface area contributed by atoms with Crippen LogP contribution in [0.5, 0.6) is 0 Å². The van der Waals surface area contributed by atoms with E-state index in [2.05, 4.69) is 14.9 Å². The molecule has 2 rings (SSSR count). The average Bonchev–Trinajstić information content (AvgIpc) is 2.80. The zero-order chi connectivity index (χ0) is 12.4. The first-order chi connectivity index (χ1) is 8.08. The average molecular weight is 250 g/mol. The molecule has 4 nitrogen and oxygen atoms in total. The number of nitrogens with two attached hydrogens (primary N) is 1. The Balaban J connectivity index is 2.27. The normalized spacial score (nSPS) is 16.1. The fraction of sp³-hybridized carbons (Fsp3) is 0.583. The SMILES string of the molecule is Cc1cc(C(N)=S)nc(N(C)C2CCCC2)n1. The van der Waals surface area contributed by atoms with Crippen molar-refractivity contribution in [2.75, 3.05) is 11.9 Å². The summed E-state index contributed by atoms with van der Waals surface area (Å²) < 4.78 is 0. The molecule has 1 heterocycles.